The highest BCUT2D eigenvalue weighted by molar-refractivity contribution is 5.75. The topological polar surface area (TPSA) is 67.3 Å². The smallest absolute Gasteiger partial charge is 0.223 e. The van der Waals surface area contributed by atoms with Crippen molar-refractivity contribution in [3.8, 4) is 22.8 Å². The van der Waals surface area contributed by atoms with Crippen LogP contribution in [0.2, 0.25) is 0 Å². The lowest BCUT2D eigenvalue weighted by Crippen LogP contribution is -2.21. The Morgan fingerprint density at radius 1 is 1.09 bits per heavy atom. The normalized spacial score (nSPS) is 11.0. The molecule has 0 saturated carbocycles. The Hall–Kier alpha value is -2.60. The van der Waals surface area contributed by atoms with E-state index in [9.17, 15) is 0 Å². The molecular weight excluding hydrogens is 280 g/mol. The van der Waals surface area contributed by atoms with E-state index in [0.29, 0.717) is 23.2 Å². The van der Waals surface area contributed by atoms with E-state index in [4.69, 9.17) is 8.83 Å². The van der Waals surface area contributed by atoms with Gasteiger partial charge in [-0.3, -0.25) is 0 Å². The molecule has 114 valence electrons. The average Bonchev–Trinajstić information content (AvgIpc) is 3.20. The van der Waals surface area contributed by atoms with Gasteiger partial charge in [-0.25, -0.2) is 9.97 Å². The van der Waals surface area contributed by atoms with Gasteiger partial charge in [0.05, 0.1) is 18.1 Å². The summed E-state index contributed by atoms with van der Waals surface area (Å²) in [5.41, 5.74) is 1.51. The quantitative estimate of drug-likeness (QED) is 0.754. The predicted molar refractivity (Wildman–Crippen MR) is 84.5 cm³/mol. The third-order valence-electron chi connectivity index (χ3n) is 3.17. The molecular formula is C16H18N4O2. The lowest BCUT2D eigenvalue weighted by Gasteiger charge is -2.11. The first-order valence-electron chi connectivity index (χ1n) is 7.07. The molecule has 0 unspecified atom stereocenters. The molecule has 1 N–H and O–H groups in total. The third kappa shape index (κ3) is 3.17. The van der Waals surface area contributed by atoms with Crippen molar-refractivity contribution in [2.45, 2.75) is 0 Å². The van der Waals surface area contributed by atoms with Crippen molar-refractivity contribution >= 4 is 5.95 Å². The zero-order valence-corrected chi connectivity index (χ0v) is 12.6. The Morgan fingerprint density at radius 3 is 2.45 bits per heavy atom. The Balaban J connectivity index is 1.92. The second-order valence-corrected chi connectivity index (χ2v) is 5.14. The van der Waals surface area contributed by atoms with E-state index >= 15 is 0 Å². The highest BCUT2D eigenvalue weighted by Gasteiger charge is 2.15. The number of likely N-dealkylation sites (N-methyl/N-ethyl adjacent to an activating group) is 1. The van der Waals surface area contributed by atoms with Crippen molar-refractivity contribution in [3.05, 3.63) is 43.0 Å². The van der Waals surface area contributed by atoms with Crippen LogP contribution in [0.4, 0.5) is 5.95 Å². The van der Waals surface area contributed by atoms with Crippen LogP contribution in [0.5, 0.6) is 0 Å². The van der Waals surface area contributed by atoms with Crippen molar-refractivity contribution < 1.29 is 8.83 Å². The van der Waals surface area contributed by atoms with Gasteiger partial charge in [0.2, 0.25) is 5.95 Å². The predicted octanol–water partition coefficient (Wildman–Crippen LogP) is 2.97. The van der Waals surface area contributed by atoms with Gasteiger partial charge in [-0.2, -0.15) is 0 Å². The second-order valence-electron chi connectivity index (χ2n) is 5.14. The first-order valence-corrected chi connectivity index (χ1v) is 7.07. The molecule has 0 amide bonds. The van der Waals surface area contributed by atoms with E-state index in [2.05, 4.69) is 20.2 Å². The van der Waals surface area contributed by atoms with Gasteiger partial charge in [-0.15, -0.1) is 0 Å². The second kappa shape index (κ2) is 6.44. The molecule has 3 heterocycles. The molecule has 0 spiro atoms. The van der Waals surface area contributed by atoms with E-state index in [1.807, 2.05) is 38.4 Å². The van der Waals surface area contributed by atoms with Crippen LogP contribution in [0.1, 0.15) is 0 Å². The van der Waals surface area contributed by atoms with Crippen LogP contribution < -0.4 is 5.32 Å². The first kappa shape index (κ1) is 14.3. The number of hydrogen-bond donors (Lipinski definition) is 1. The molecule has 0 saturated heterocycles. The van der Waals surface area contributed by atoms with Crippen molar-refractivity contribution in [3.63, 3.8) is 0 Å². The Bertz CT molecular complexity index is 706. The monoisotopic (exact) mass is 298 g/mol. The summed E-state index contributed by atoms with van der Waals surface area (Å²) in [5, 5.41) is 3.21. The zero-order valence-electron chi connectivity index (χ0n) is 12.6. The molecule has 0 bridgehead atoms. The molecule has 6 heteroatoms. The minimum absolute atomic E-state index is 0.573. The summed E-state index contributed by atoms with van der Waals surface area (Å²) in [6.07, 6.45) is 5.01. The van der Waals surface area contributed by atoms with Crippen LogP contribution >= 0.6 is 0 Å². The summed E-state index contributed by atoms with van der Waals surface area (Å²) >= 11 is 0. The minimum Gasteiger partial charge on any atom is -0.464 e. The number of furan rings is 2. The fourth-order valence-electron chi connectivity index (χ4n) is 2.07. The number of hydrogen-bond acceptors (Lipinski definition) is 6. The van der Waals surface area contributed by atoms with Gasteiger partial charge >= 0.3 is 0 Å². The van der Waals surface area contributed by atoms with E-state index < -0.39 is 0 Å². The van der Waals surface area contributed by atoms with Crippen LogP contribution in [-0.4, -0.2) is 42.1 Å². The number of aromatic nitrogens is 2. The molecule has 0 aliphatic carbocycles. The molecule has 3 aromatic heterocycles. The molecule has 0 aliphatic heterocycles. The summed E-state index contributed by atoms with van der Waals surface area (Å²) in [5.74, 6) is 1.97. The van der Waals surface area contributed by atoms with Gasteiger partial charge < -0.3 is 19.1 Å². The van der Waals surface area contributed by atoms with Gasteiger partial charge in [0, 0.05) is 19.3 Å². The maximum absolute atomic E-state index is 5.49. The number of nitrogens with one attached hydrogen (secondary N) is 1. The van der Waals surface area contributed by atoms with Crippen LogP contribution in [0.15, 0.2) is 51.8 Å². The SMILES string of the molecule is CN(C)CCNc1ncc(-c2ccco2)c(-c2ccco2)n1. The van der Waals surface area contributed by atoms with Crippen LogP contribution in [0.25, 0.3) is 22.8 Å². The van der Waals surface area contributed by atoms with Gasteiger partial charge in [-0.05, 0) is 38.4 Å². The molecule has 0 fully saturated rings. The van der Waals surface area contributed by atoms with Crippen molar-refractivity contribution in [1.29, 1.82) is 0 Å². The number of nitrogens with zero attached hydrogens (tertiary/aromatic N) is 3. The lowest BCUT2D eigenvalue weighted by molar-refractivity contribution is 0.425. The Morgan fingerprint density at radius 2 is 1.82 bits per heavy atom. The Labute approximate surface area is 128 Å². The minimum atomic E-state index is 0.573. The summed E-state index contributed by atoms with van der Waals surface area (Å²) in [4.78, 5) is 11.0. The molecule has 0 aromatic carbocycles. The van der Waals surface area contributed by atoms with Crippen molar-refractivity contribution in [2.24, 2.45) is 0 Å². The fraction of sp³-hybridized carbons (Fsp3) is 0.250. The van der Waals surface area contributed by atoms with Crippen LogP contribution in [-0.2, 0) is 0 Å². The number of anilines is 1. The molecule has 0 aliphatic rings. The summed E-state index contributed by atoms with van der Waals surface area (Å²) in [6, 6.07) is 7.43. The van der Waals surface area contributed by atoms with Gasteiger partial charge in [0.1, 0.15) is 11.5 Å². The van der Waals surface area contributed by atoms with Crippen LogP contribution in [0.3, 0.4) is 0 Å². The van der Waals surface area contributed by atoms with E-state index in [0.717, 1.165) is 18.7 Å². The maximum atomic E-state index is 5.49. The molecule has 3 rings (SSSR count). The Kier molecular flexibility index (Phi) is 4.20. The van der Waals surface area contributed by atoms with Gasteiger partial charge in [0.15, 0.2) is 5.76 Å². The van der Waals surface area contributed by atoms with Crippen LogP contribution in [0, 0.1) is 0 Å². The molecule has 6 nitrogen and oxygen atoms in total. The van der Waals surface area contributed by atoms with Gasteiger partial charge in [-0.1, -0.05) is 0 Å². The van der Waals surface area contributed by atoms with Gasteiger partial charge in [0.25, 0.3) is 0 Å². The molecule has 0 radical (unpaired) electrons. The van der Waals surface area contributed by atoms with E-state index in [1.165, 1.54) is 0 Å². The summed E-state index contributed by atoms with van der Waals surface area (Å²) < 4.78 is 11.0. The highest BCUT2D eigenvalue weighted by Crippen LogP contribution is 2.31. The average molecular weight is 298 g/mol. The van der Waals surface area contributed by atoms with Crippen molar-refractivity contribution in [2.75, 3.05) is 32.5 Å². The first-order chi connectivity index (χ1) is 10.7. The lowest BCUT2D eigenvalue weighted by atomic mass is 10.1. The maximum Gasteiger partial charge on any atom is 0.223 e. The third-order valence-corrected chi connectivity index (χ3v) is 3.17. The zero-order chi connectivity index (χ0) is 15.4. The molecule has 3 aromatic rings. The highest BCUT2D eigenvalue weighted by atomic mass is 16.3. The van der Waals surface area contributed by atoms with E-state index in [-0.39, 0.29) is 0 Å². The largest absolute Gasteiger partial charge is 0.464 e. The standard InChI is InChI=1S/C16H18N4O2/c1-20(2)8-7-17-16-18-11-12(13-5-3-9-21-13)15(19-16)14-6-4-10-22-14/h3-6,9-11H,7-8H2,1-2H3,(H,17,18,19). The molecule has 0 atom stereocenters. The van der Waals surface area contributed by atoms with E-state index in [1.54, 1.807) is 18.7 Å². The summed E-state index contributed by atoms with van der Waals surface area (Å²) in [6.45, 7) is 1.67. The summed E-state index contributed by atoms with van der Waals surface area (Å²) in [7, 11) is 4.05. The number of rotatable bonds is 6. The fourth-order valence-corrected chi connectivity index (χ4v) is 2.07. The molecule has 22 heavy (non-hydrogen) atoms. The van der Waals surface area contributed by atoms with Crippen molar-refractivity contribution in [1.82, 2.24) is 14.9 Å².